The molecule has 2 rings (SSSR count). The Hall–Kier alpha value is -1.55. The number of carbonyl (C=O) groups excluding carboxylic acids is 1. The highest BCUT2D eigenvalue weighted by Crippen LogP contribution is 2.16. The fourth-order valence-corrected chi connectivity index (χ4v) is 2.24. The quantitative estimate of drug-likeness (QED) is 0.893. The van der Waals surface area contributed by atoms with E-state index >= 15 is 0 Å². The molecule has 1 unspecified atom stereocenters. The molecule has 0 aliphatic carbocycles. The first kappa shape index (κ1) is 13.9. The minimum Gasteiger partial charge on any atom is -0.481 e. The summed E-state index contributed by atoms with van der Waals surface area (Å²) in [7, 11) is 0. The van der Waals surface area contributed by atoms with E-state index in [1.165, 1.54) is 5.56 Å². The van der Waals surface area contributed by atoms with Gasteiger partial charge < -0.3 is 15.0 Å². The topological polar surface area (TPSA) is 41.6 Å². The first-order valence-electron chi connectivity index (χ1n) is 6.96. The van der Waals surface area contributed by atoms with Crippen molar-refractivity contribution in [1.82, 2.24) is 10.2 Å². The van der Waals surface area contributed by atoms with Crippen LogP contribution in [-0.2, 0) is 11.2 Å². The van der Waals surface area contributed by atoms with Crippen LogP contribution in [0.3, 0.4) is 0 Å². The number of ether oxygens (including phenoxy) is 1. The maximum atomic E-state index is 12.2. The van der Waals surface area contributed by atoms with Gasteiger partial charge >= 0.3 is 0 Å². The molecule has 0 saturated carbocycles. The van der Waals surface area contributed by atoms with E-state index in [4.69, 9.17) is 4.74 Å². The smallest absolute Gasteiger partial charge is 0.263 e. The van der Waals surface area contributed by atoms with E-state index in [1.54, 1.807) is 0 Å². The molecule has 0 spiro atoms. The Morgan fingerprint density at radius 1 is 1.42 bits per heavy atom. The van der Waals surface area contributed by atoms with Crippen LogP contribution in [0.1, 0.15) is 19.4 Å². The van der Waals surface area contributed by atoms with E-state index in [1.807, 2.05) is 30.0 Å². The SMILES string of the molecule is CCc1cccc(OC(C)C(=O)N2CCNCC2)c1. The number of aryl methyl sites for hydroxylation is 1. The van der Waals surface area contributed by atoms with Crippen molar-refractivity contribution in [3.8, 4) is 5.75 Å². The molecule has 1 aliphatic rings. The van der Waals surface area contributed by atoms with Crippen LogP contribution < -0.4 is 10.1 Å². The summed E-state index contributed by atoms with van der Waals surface area (Å²) in [6.45, 7) is 7.19. The highest BCUT2D eigenvalue weighted by molar-refractivity contribution is 5.81. The number of carbonyl (C=O) groups is 1. The third kappa shape index (κ3) is 3.70. The minimum atomic E-state index is -0.426. The first-order valence-corrected chi connectivity index (χ1v) is 6.96. The first-order chi connectivity index (χ1) is 9.20. The number of amides is 1. The van der Waals surface area contributed by atoms with Gasteiger partial charge in [-0.15, -0.1) is 0 Å². The van der Waals surface area contributed by atoms with Crippen molar-refractivity contribution in [2.24, 2.45) is 0 Å². The molecule has 1 fully saturated rings. The van der Waals surface area contributed by atoms with Crippen LogP contribution in [0.2, 0.25) is 0 Å². The highest BCUT2D eigenvalue weighted by Gasteiger charge is 2.23. The lowest BCUT2D eigenvalue weighted by Gasteiger charge is -2.29. The number of rotatable bonds is 4. The van der Waals surface area contributed by atoms with Crippen molar-refractivity contribution in [3.05, 3.63) is 29.8 Å². The molecular weight excluding hydrogens is 240 g/mol. The van der Waals surface area contributed by atoms with Gasteiger partial charge in [0.2, 0.25) is 0 Å². The van der Waals surface area contributed by atoms with Gasteiger partial charge in [-0.3, -0.25) is 4.79 Å². The molecule has 1 N–H and O–H groups in total. The molecule has 1 aromatic carbocycles. The zero-order chi connectivity index (χ0) is 13.7. The van der Waals surface area contributed by atoms with Crippen LogP contribution in [0.15, 0.2) is 24.3 Å². The third-order valence-corrected chi connectivity index (χ3v) is 3.40. The number of nitrogens with zero attached hydrogens (tertiary/aromatic N) is 1. The molecule has 0 aromatic heterocycles. The lowest BCUT2D eigenvalue weighted by Crippen LogP contribution is -2.50. The maximum absolute atomic E-state index is 12.2. The van der Waals surface area contributed by atoms with E-state index in [0.717, 1.165) is 38.3 Å². The summed E-state index contributed by atoms with van der Waals surface area (Å²) in [5.41, 5.74) is 1.22. The van der Waals surface area contributed by atoms with Gasteiger partial charge in [-0.25, -0.2) is 0 Å². The summed E-state index contributed by atoms with van der Waals surface area (Å²) in [5, 5.41) is 3.24. The zero-order valence-corrected chi connectivity index (χ0v) is 11.7. The molecule has 4 nitrogen and oxygen atoms in total. The van der Waals surface area contributed by atoms with E-state index in [9.17, 15) is 4.79 Å². The van der Waals surface area contributed by atoms with E-state index < -0.39 is 6.10 Å². The standard InChI is InChI=1S/C15H22N2O2/c1-3-13-5-4-6-14(11-13)19-12(2)15(18)17-9-7-16-8-10-17/h4-6,11-12,16H,3,7-10H2,1-2H3. The largest absolute Gasteiger partial charge is 0.481 e. The van der Waals surface area contributed by atoms with Gasteiger partial charge in [0.1, 0.15) is 5.75 Å². The fraction of sp³-hybridized carbons (Fsp3) is 0.533. The predicted molar refractivity (Wildman–Crippen MR) is 75.4 cm³/mol. The molecule has 1 atom stereocenters. The maximum Gasteiger partial charge on any atom is 0.263 e. The molecule has 1 heterocycles. The van der Waals surface area contributed by atoms with Gasteiger partial charge in [-0.2, -0.15) is 0 Å². The third-order valence-electron chi connectivity index (χ3n) is 3.40. The van der Waals surface area contributed by atoms with Gasteiger partial charge in [0, 0.05) is 26.2 Å². The van der Waals surface area contributed by atoms with Crippen molar-refractivity contribution < 1.29 is 9.53 Å². The van der Waals surface area contributed by atoms with Gasteiger partial charge in [0.05, 0.1) is 0 Å². The molecule has 1 saturated heterocycles. The Morgan fingerprint density at radius 3 is 2.84 bits per heavy atom. The van der Waals surface area contributed by atoms with Crippen molar-refractivity contribution in [2.75, 3.05) is 26.2 Å². The number of nitrogens with one attached hydrogen (secondary N) is 1. The van der Waals surface area contributed by atoms with Crippen LogP contribution in [0.25, 0.3) is 0 Å². The van der Waals surface area contributed by atoms with Crippen LogP contribution in [0.4, 0.5) is 0 Å². The lowest BCUT2D eigenvalue weighted by molar-refractivity contribution is -0.138. The van der Waals surface area contributed by atoms with Gasteiger partial charge in [0.25, 0.3) is 5.91 Å². The van der Waals surface area contributed by atoms with Gasteiger partial charge in [-0.1, -0.05) is 19.1 Å². The summed E-state index contributed by atoms with van der Waals surface area (Å²) in [6.07, 6.45) is 0.544. The zero-order valence-electron chi connectivity index (χ0n) is 11.7. The van der Waals surface area contributed by atoms with Crippen molar-refractivity contribution in [3.63, 3.8) is 0 Å². The second-order valence-electron chi connectivity index (χ2n) is 4.84. The van der Waals surface area contributed by atoms with Crippen molar-refractivity contribution in [2.45, 2.75) is 26.4 Å². The van der Waals surface area contributed by atoms with Crippen molar-refractivity contribution in [1.29, 1.82) is 0 Å². The van der Waals surface area contributed by atoms with Crippen LogP contribution in [-0.4, -0.2) is 43.1 Å². The average molecular weight is 262 g/mol. The molecule has 4 heteroatoms. The summed E-state index contributed by atoms with van der Waals surface area (Å²) < 4.78 is 5.76. The Bertz CT molecular complexity index is 428. The Balaban J connectivity index is 1.95. The van der Waals surface area contributed by atoms with Crippen molar-refractivity contribution >= 4 is 5.91 Å². The summed E-state index contributed by atoms with van der Waals surface area (Å²) in [6, 6.07) is 7.94. The second-order valence-corrected chi connectivity index (χ2v) is 4.84. The van der Waals surface area contributed by atoms with E-state index in [0.29, 0.717) is 0 Å². The Labute approximate surface area is 114 Å². The summed E-state index contributed by atoms with van der Waals surface area (Å²) in [5.74, 6) is 0.846. The molecule has 19 heavy (non-hydrogen) atoms. The molecule has 1 aliphatic heterocycles. The van der Waals surface area contributed by atoms with Crippen LogP contribution in [0, 0.1) is 0 Å². The highest BCUT2D eigenvalue weighted by atomic mass is 16.5. The number of hydrogen-bond acceptors (Lipinski definition) is 3. The average Bonchev–Trinajstić information content (AvgIpc) is 2.47. The predicted octanol–water partition coefficient (Wildman–Crippen LogP) is 1.45. The molecule has 0 radical (unpaired) electrons. The molecule has 0 bridgehead atoms. The molecular formula is C15H22N2O2. The van der Waals surface area contributed by atoms with Gasteiger partial charge in [-0.05, 0) is 31.0 Å². The molecule has 1 aromatic rings. The fourth-order valence-electron chi connectivity index (χ4n) is 2.24. The Morgan fingerprint density at radius 2 is 2.16 bits per heavy atom. The lowest BCUT2D eigenvalue weighted by atomic mass is 10.1. The normalized spacial score (nSPS) is 17.1. The van der Waals surface area contributed by atoms with E-state index in [-0.39, 0.29) is 5.91 Å². The molecule has 104 valence electrons. The molecule has 1 amide bonds. The number of piperazine rings is 1. The Kier molecular flexibility index (Phi) is 4.80. The summed E-state index contributed by atoms with van der Waals surface area (Å²) >= 11 is 0. The monoisotopic (exact) mass is 262 g/mol. The minimum absolute atomic E-state index is 0.0726. The number of benzene rings is 1. The van der Waals surface area contributed by atoms with Gasteiger partial charge in [0.15, 0.2) is 6.10 Å². The van der Waals surface area contributed by atoms with Crippen LogP contribution in [0.5, 0.6) is 5.75 Å². The van der Waals surface area contributed by atoms with E-state index in [2.05, 4.69) is 18.3 Å². The summed E-state index contributed by atoms with van der Waals surface area (Å²) in [4.78, 5) is 14.1. The van der Waals surface area contributed by atoms with Crippen LogP contribution >= 0.6 is 0 Å². The second kappa shape index (κ2) is 6.57. The number of hydrogen-bond donors (Lipinski definition) is 1.